The summed E-state index contributed by atoms with van der Waals surface area (Å²) in [5, 5.41) is 10.4. The van der Waals surface area contributed by atoms with Gasteiger partial charge in [0.25, 0.3) is 0 Å². The minimum atomic E-state index is -4.57. The Morgan fingerprint density at radius 2 is 0.975 bits per heavy atom. The van der Waals surface area contributed by atoms with Crippen LogP contribution in [0.4, 0.5) is 26.3 Å². The Bertz CT molecular complexity index is 1320. The number of H-pyrrole nitrogens is 2. The van der Waals surface area contributed by atoms with Crippen LogP contribution < -0.4 is 0 Å². The smallest absolute Gasteiger partial charge is 0.433 e. The SMILES string of the molecule is Cc1c(C(=O)OCc2ccccc2)n[nH]c1C(F)(F)F.Cc1c(C(=O)OCc2ccccc2)n[nH]c1C(F)(F)F. The van der Waals surface area contributed by atoms with E-state index in [4.69, 9.17) is 9.47 Å². The molecule has 2 N–H and O–H groups in total. The lowest BCUT2D eigenvalue weighted by molar-refractivity contribution is -0.142. The van der Waals surface area contributed by atoms with Crippen molar-refractivity contribution < 1.29 is 45.4 Å². The lowest BCUT2D eigenvalue weighted by Gasteiger charge is -2.05. The quantitative estimate of drug-likeness (QED) is 0.212. The van der Waals surface area contributed by atoms with Gasteiger partial charge in [-0.25, -0.2) is 9.59 Å². The molecule has 0 aliphatic carbocycles. The van der Waals surface area contributed by atoms with E-state index in [1.165, 1.54) is 13.8 Å². The van der Waals surface area contributed by atoms with Gasteiger partial charge >= 0.3 is 24.3 Å². The van der Waals surface area contributed by atoms with Gasteiger partial charge in [-0.05, 0) is 25.0 Å². The molecule has 0 unspecified atom stereocenters. The molecular formula is C26H22F6N4O4. The monoisotopic (exact) mass is 568 g/mol. The van der Waals surface area contributed by atoms with Crippen LogP contribution in [-0.4, -0.2) is 32.3 Å². The molecule has 2 heterocycles. The molecule has 4 aromatic rings. The fourth-order valence-corrected chi connectivity index (χ4v) is 3.33. The number of nitrogens with one attached hydrogen (secondary N) is 2. The maximum Gasteiger partial charge on any atom is 0.433 e. The van der Waals surface area contributed by atoms with Gasteiger partial charge in [0.05, 0.1) is 0 Å². The second kappa shape index (κ2) is 12.5. The highest BCUT2D eigenvalue weighted by molar-refractivity contribution is 5.89. The van der Waals surface area contributed by atoms with Gasteiger partial charge in [0.1, 0.15) is 24.6 Å². The standard InChI is InChI=1S/2C13H11F3N2O2/c2*1-8-10(17-18-11(8)13(14,15)16)12(19)20-7-9-5-3-2-4-6-9/h2*2-6H,7H2,1H3,(H,17,18). The van der Waals surface area contributed by atoms with Crippen molar-refractivity contribution in [1.82, 2.24) is 20.4 Å². The van der Waals surface area contributed by atoms with E-state index < -0.39 is 35.7 Å². The largest absolute Gasteiger partial charge is 0.456 e. The minimum Gasteiger partial charge on any atom is -0.456 e. The highest BCUT2D eigenvalue weighted by atomic mass is 19.4. The van der Waals surface area contributed by atoms with Crippen LogP contribution in [0.3, 0.4) is 0 Å². The van der Waals surface area contributed by atoms with Gasteiger partial charge in [0, 0.05) is 11.1 Å². The predicted molar refractivity (Wildman–Crippen MR) is 128 cm³/mol. The van der Waals surface area contributed by atoms with E-state index in [0.717, 1.165) is 11.1 Å². The summed E-state index contributed by atoms with van der Waals surface area (Å²) in [6, 6.07) is 17.7. The molecule has 0 fully saturated rings. The molecule has 0 aliphatic rings. The average Bonchev–Trinajstić information content (AvgIpc) is 3.50. The number of nitrogens with zero attached hydrogens (tertiary/aromatic N) is 2. The summed E-state index contributed by atoms with van der Waals surface area (Å²) in [5.41, 5.74) is -1.84. The van der Waals surface area contributed by atoms with Crippen molar-refractivity contribution in [1.29, 1.82) is 0 Å². The van der Waals surface area contributed by atoms with Gasteiger partial charge in [-0.3, -0.25) is 10.2 Å². The molecule has 0 aliphatic heterocycles. The molecule has 0 atom stereocenters. The number of carbonyl (C=O) groups excluding carboxylic acids is 2. The number of hydrogen-bond donors (Lipinski definition) is 2. The van der Waals surface area contributed by atoms with Gasteiger partial charge in [0.2, 0.25) is 0 Å². The molecule has 2 aromatic carbocycles. The van der Waals surface area contributed by atoms with E-state index in [2.05, 4.69) is 10.2 Å². The number of esters is 2. The molecule has 0 spiro atoms. The van der Waals surface area contributed by atoms with E-state index in [9.17, 15) is 35.9 Å². The van der Waals surface area contributed by atoms with Crippen LogP contribution >= 0.6 is 0 Å². The van der Waals surface area contributed by atoms with Crippen LogP contribution in [-0.2, 0) is 35.0 Å². The summed E-state index contributed by atoms with van der Waals surface area (Å²) in [6.07, 6.45) is -9.15. The lowest BCUT2D eigenvalue weighted by Crippen LogP contribution is -2.10. The number of alkyl halides is 6. The predicted octanol–water partition coefficient (Wildman–Crippen LogP) is 6.19. The van der Waals surface area contributed by atoms with Crippen molar-refractivity contribution in [3.63, 3.8) is 0 Å². The Labute approximate surface area is 223 Å². The van der Waals surface area contributed by atoms with Gasteiger partial charge < -0.3 is 9.47 Å². The number of hydrogen-bond acceptors (Lipinski definition) is 6. The zero-order valence-electron chi connectivity index (χ0n) is 21.0. The summed E-state index contributed by atoms with van der Waals surface area (Å²) < 4.78 is 85.2. The Hall–Kier alpha value is -4.62. The third-order valence-electron chi connectivity index (χ3n) is 5.40. The third kappa shape index (κ3) is 7.71. The molecule has 0 radical (unpaired) electrons. The Kier molecular flexibility index (Phi) is 9.35. The molecule has 2 aromatic heterocycles. The van der Waals surface area contributed by atoms with Crippen molar-refractivity contribution in [3.05, 3.63) is 106 Å². The lowest BCUT2D eigenvalue weighted by atomic mass is 10.2. The molecule has 40 heavy (non-hydrogen) atoms. The number of aromatic nitrogens is 4. The normalized spacial score (nSPS) is 11.4. The van der Waals surface area contributed by atoms with Crippen LogP contribution in [0, 0.1) is 13.8 Å². The maximum absolute atomic E-state index is 12.6. The number of benzene rings is 2. The summed E-state index contributed by atoms with van der Waals surface area (Å²) >= 11 is 0. The Morgan fingerprint density at radius 3 is 1.25 bits per heavy atom. The minimum absolute atomic E-state index is 0.0205. The molecule has 14 heteroatoms. The zero-order valence-corrected chi connectivity index (χ0v) is 21.0. The number of rotatable bonds is 6. The number of aromatic amines is 2. The number of halogens is 6. The van der Waals surface area contributed by atoms with Gasteiger partial charge in [-0.15, -0.1) is 0 Å². The van der Waals surface area contributed by atoms with Gasteiger partial charge in [-0.1, -0.05) is 60.7 Å². The molecular weight excluding hydrogens is 546 g/mol. The molecule has 0 saturated heterocycles. The van der Waals surface area contributed by atoms with Crippen molar-refractivity contribution in [3.8, 4) is 0 Å². The van der Waals surface area contributed by atoms with Crippen LogP contribution in [0.1, 0.15) is 54.6 Å². The maximum atomic E-state index is 12.6. The van der Waals surface area contributed by atoms with Crippen LogP contribution in [0.2, 0.25) is 0 Å². The summed E-state index contributed by atoms with van der Waals surface area (Å²) in [4.78, 5) is 23.4. The van der Waals surface area contributed by atoms with Gasteiger partial charge in [-0.2, -0.15) is 36.5 Å². The highest BCUT2D eigenvalue weighted by Crippen LogP contribution is 2.32. The first-order valence-electron chi connectivity index (χ1n) is 11.5. The summed E-state index contributed by atoms with van der Waals surface area (Å²) in [6.45, 7) is 2.30. The Balaban J connectivity index is 0.000000220. The van der Waals surface area contributed by atoms with Gasteiger partial charge in [0.15, 0.2) is 11.4 Å². The number of carbonyl (C=O) groups is 2. The fraction of sp³-hybridized carbons (Fsp3) is 0.231. The van der Waals surface area contributed by atoms with E-state index in [-0.39, 0.29) is 35.7 Å². The average molecular weight is 568 g/mol. The second-order valence-corrected chi connectivity index (χ2v) is 8.26. The molecule has 0 bridgehead atoms. The first-order valence-corrected chi connectivity index (χ1v) is 11.5. The zero-order chi connectivity index (χ0) is 29.5. The van der Waals surface area contributed by atoms with Crippen LogP contribution in [0.25, 0.3) is 0 Å². The van der Waals surface area contributed by atoms with E-state index in [0.29, 0.717) is 0 Å². The van der Waals surface area contributed by atoms with E-state index in [1.807, 2.05) is 10.2 Å². The third-order valence-corrected chi connectivity index (χ3v) is 5.40. The second-order valence-electron chi connectivity index (χ2n) is 8.26. The summed E-state index contributed by atoms with van der Waals surface area (Å²) in [7, 11) is 0. The first kappa shape index (κ1) is 29.9. The summed E-state index contributed by atoms with van der Waals surface area (Å²) in [5.74, 6) is -1.78. The molecule has 4 rings (SSSR count). The Morgan fingerprint density at radius 1 is 0.650 bits per heavy atom. The van der Waals surface area contributed by atoms with Crippen molar-refractivity contribution in [2.24, 2.45) is 0 Å². The van der Waals surface area contributed by atoms with E-state index in [1.54, 1.807) is 60.7 Å². The highest BCUT2D eigenvalue weighted by Gasteiger charge is 2.38. The molecule has 0 amide bonds. The molecule has 0 saturated carbocycles. The fourth-order valence-electron chi connectivity index (χ4n) is 3.33. The van der Waals surface area contributed by atoms with Crippen molar-refractivity contribution >= 4 is 11.9 Å². The number of ether oxygens (including phenoxy) is 2. The molecule has 8 nitrogen and oxygen atoms in total. The topological polar surface area (TPSA) is 110 Å². The van der Waals surface area contributed by atoms with Crippen LogP contribution in [0.5, 0.6) is 0 Å². The van der Waals surface area contributed by atoms with Crippen molar-refractivity contribution in [2.75, 3.05) is 0 Å². The first-order chi connectivity index (χ1) is 18.8. The molecule has 212 valence electrons. The van der Waals surface area contributed by atoms with Crippen molar-refractivity contribution in [2.45, 2.75) is 39.4 Å². The van der Waals surface area contributed by atoms with Crippen LogP contribution in [0.15, 0.2) is 60.7 Å². The van der Waals surface area contributed by atoms with E-state index >= 15 is 0 Å².